The maximum Gasteiger partial charge on any atom is 0.257 e. The van der Waals surface area contributed by atoms with Gasteiger partial charge in [0.05, 0.1) is 17.5 Å². The lowest BCUT2D eigenvalue weighted by atomic mass is 10.00. The molecule has 29 heavy (non-hydrogen) atoms. The van der Waals surface area contributed by atoms with Crippen molar-refractivity contribution in [3.63, 3.8) is 0 Å². The topological polar surface area (TPSA) is 49.9 Å². The molecule has 1 spiro atoms. The Morgan fingerprint density at radius 1 is 1.00 bits per heavy atom. The molecule has 2 aromatic carbocycles. The van der Waals surface area contributed by atoms with Crippen LogP contribution in [0.1, 0.15) is 33.6 Å². The number of amides is 2. The van der Waals surface area contributed by atoms with Crippen LogP contribution in [0.3, 0.4) is 0 Å². The molecule has 2 aliphatic heterocycles. The molecular formula is C22H23FN2O3S. The Morgan fingerprint density at radius 2 is 1.69 bits per heavy atom. The van der Waals surface area contributed by atoms with Crippen LogP contribution in [0.5, 0.6) is 5.75 Å². The van der Waals surface area contributed by atoms with Crippen molar-refractivity contribution in [2.75, 3.05) is 32.5 Å². The van der Waals surface area contributed by atoms with Crippen molar-refractivity contribution >= 4 is 23.6 Å². The Labute approximate surface area is 173 Å². The Bertz CT molecular complexity index is 911. The zero-order chi connectivity index (χ0) is 20.4. The molecule has 0 N–H and O–H groups in total. The number of hydrogen-bond acceptors (Lipinski definition) is 4. The predicted octanol–water partition coefficient (Wildman–Crippen LogP) is 3.66. The number of nitrogens with zero attached hydrogens (tertiary/aromatic N) is 2. The number of methoxy groups -OCH3 is 1. The van der Waals surface area contributed by atoms with Crippen LogP contribution >= 0.6 is 11.8 Å². The third-order valence-electron chi connectivity index (χ3n) is 5.68. The Kier molecular flexibility index (Phi) is 5.50. The Morgan fingerprint density at radius 3 is 2.38 bits per heavy atom. The van der Waals surface area contributed by atoms with E-state index in [2.05, 4.69) is 0 Å². The molecule has 2 heterocycles. The lowest BCUT2D eigenvalue weighted by Crippen LogP contribution is -2.53. The summed E-state index contributed by atoms with van der Waals surface area (Å²) in [5.74, 6) is 0.973. The van der Waals surface area contributed by atoms with Crippen molar-refractivity contribution in [2.45, 2.75) is 17.7 Å². The largest absolute Gasteiger partial charge is 0.496 e. The fourth-order valence-electron chi connectivity index (χ4n) is 4.11. The predicted molar refractivity (Wildman–Crippen MR) is 111 cm³/mol. The summed E-state index contributed by atoms with van der Waals surface area (Å²) in [7, 11) is 1.56. The lowest BCUT2D eigenvalue weighted by molar-refractivity contribution is 0.0496. The van der Waals surface area contributed by atoms with Gasteiger partial charge >= 0.3 is 0 Å². The second kappa shape index (κ2) is 8.06. The molecule has 2 aliphatic rings. The number of thioether (sulfide) groups is 1. The molecule has 2 aromatic rings. The minimum absolute atomic E-state index is 0.0447. The van der Waals surface area contributed by atoms with Gasteiger partial charge in [-0.1, -0.05) is 12.1 Å². The molecule has 7 heteroatoms. The maximum atomic E-state index is 13.2. The third kappa shape index (κ3) is 3.71. The highest BCUT2D eigenvalue weighted by molar-refractivity contribution is 8.00. The van der Waals surface area contributed by atoms with E-state index in [0.29, 0.717) is 49.4 Å². The van der Waals surface area contributed by atoms with Crippen LogP contribution in [0.15, 0.2) is 48.5 Å². The second-order valence-electron chi connectivity index (χ2n) is 7.25. The number of para-hydroxylation sites is 1. The molecule has 0 aromatic heterocycles. The van der Waals surface area contributed by atoms with Gasteiger partial charge in [0, 0.05) is 31.0 Å². The van der Waals surface area contributed by atoms with Gasteiger partial charge in [-0.2, -0.15) is 0 Å². The van der Waals surface area contributed by atoms with E-state index in [1.807, 2.05) is 21.9 Å². The summed E-state index contributed by atoms with van der Waals surface area (Å²) in [6.45, 7) is 1.83. The van der Waals surface area contributed by atoms with Crippen LogP contribution in [0.4, 0.5) is 4.39 Å². The van der Waals surface area contributed by atoms with Crippen molar-refractivity contribution in [2.24, 2.45) is 0 Å². The van der Waals surface area contributed by atoms with Gasteiger partial charge in [-0.25, -0.2) is 4.39 Å². The van der Waals surface area contributed by atoms with Crippen molar-refractivity contribution in [3.8, 4) is 5.75 Å². The zero-order valence-corrected chi connectivity index (χ0v) is 17.1. The summed E-state index contributed by atoms with van der Waals surface area (Å²) in [4.78, 5) is 29.5. The molecule has 0 radical (unpaired) electrons. The number of benzene rings is 2. The lowest BCUT2D eigenvalue weighted by Gasteiger charge is -2.44. The van der Waals surface area contributed by atoms with Gasteiger partial charge in [0.2, 0.25) is 0 Å². The van der Waals surface area contributed by atoms with E-state index in [9.17, 15) is 14.0 Å². The van der Waals surface area contributed by atoms with Crippen LogP contribution in [-0.4, -0.2) is 59.0 Å². The van der Waals surface area contributed by atoms with Crippen LogP contribution in [0.25, 0.3) is 0 Å². The SMILES string of the molecule is COc1ccccc1C(=O)N1CCC2(CC1)SCCN2C(=O)c1ccc(F)cc1. The van der Waals surface area contributed by atoms with Crippen LogP contribution < -0.4 is 4.74 Å². The number of ether oxygens (including phenoxy) is 1. The number of hydrogen-bond donors (Lipinski definition) is 0. The number of rotatable bonds is 3. The van der Waals surface area contributed by atoms with Crippen molar-refractivity contribution < 1.29 is 18.7 Å². The maximum absolute atomic E-state index is 13.2. The zero-order valence-electron chi connectivity index (χ0n) is 16.3. The van der Waals surface area contributed by atoms with Crippen molar-refractivity contribution in [3.05, 3.63) is 65.5 Å². The number of likely N-dealkylation sites (tertiary alicyclic amines) is 1. The summed E-state index contributed by atoms with van der Waals surface area (Å²) in [6.07, 6.45) is 1.43. The number of piperidine rings is 1. The highest BCUT2D eigenvalue weighted by Gasteiger charge is 2.47. The summed E-state index contributed by atoms with van der Waals surface area (Å²) < 4.78 is 18.5. The molecule has 5 nitrogen and oxygen atoms in total. The van der Waals surface area contributed by atoms with Gasteiger partial charge in [0.1, 0.15) is 11.6 Å². The molecule has 0 unspecified atom stereocenters. The molecule has 4 rings (SSSR count). The van der Waals surface area contributed by atoms with E-state index in [1.54, 1.807) is 31.0 Å². The number of carbonyl (C=O) groups is 2. The minimum atomic E-state index is -0.352. The summed E-state index contributed by atoms with van der Waals surface area (Å²) >= 11 is 1.79. The third-order valence-corrected chi connectivity index (χ3v) is 7.24. The number of halogens is 1. The first kappa shape index (κ1) is 19.8. The first-order chi connectivity index (χ1) is 14.0. The summed E-state index contributed by atoms with van der Waals surface area (Å²) in [5.41, 5.74) is 1.06. The summed E-state index contributed by atoms with van der Waals surface area (Å²) in [5, 5.41) is 0. The highest BCUT2D eigenvalue weighted by Crippen LogP contribution is 2.44. The standard InChI is InChI=1S/C22H23FN2O3S/c1-28-19-5-3-2-4-18(19)21(27)24-12-10-22(11-13-24)25(14-15-29-22)20(26)16-6-8-17(23)9-7-16/h2-9H,10-15H2,1H3. The van der Waals surface area contributed by atoms with E-state index < -0.39 is 0 Å². The fourth-order valence-corrected chi connectivity index (χ4v) is 5.56. The number of carbonyl (C=O) groups excluding carboxylic acids is 2. The molecule has 0 aliphatic carbocycles. The van der Waals surface area contributed by atoms with Crippen molar-refractivity contribution in [1.29, 1.82) is 0 Å². The molecule has 0 atom stereocenters. The van der Waals surface area contributed by atoms with Gasteiger partial charge in [0.15, 0.2) is 0 Å². The van der Waals surface area contributed by atoms with Crippen molar-refractivity contribution in [1.82, 2.24) is 9.80 Å². The van der Waals surface area contributed by atoms with Gasteiger partial charge in [-0.05, 0) is 49.2 Å². The molecule has 152 valence electrons. The average Bonchev–Trinajstić information content (AvgIpc) is 3.16. The Hall–Kier alpha value is -2.54. The van der Waals surface area contributed by atoms with E-state index in [4.69, 9.17) is 4.74 Å². The van der Waals surface area contributed by atoms with Crippen LogP contribution in [-0.2, 0) is 0 Å². The monoisotopic (exact) mass is 414 g/mol. The quantitative estimate of drug-likeness (QED) is 0.769. The molecular weight excluding hydrogens is 391 g/mol. The van der Waals surface area contributed by atoms with E-state index in [-0.39, 0.29) is 22.5 Å². The molecule has 2 amide bonds. The van der Waals surface area contributed by atoms with E-state index >= 15 is 0 Å². The molecule has 0 saturated carbocycles. The van der Waals surface area contributed by atoms with Gasteiger partial charge in [-0.3, -0.25) is 9.59 Å². The van der Waals surface area contributed by atoms with E-state index in [1.165, 1.54) is 24.3 Å². The highest BCUT2D eigenvalue weighted by atomic mass is 32.2. The average molecular weight is 415 g/mol. The molecule has 2 saturated heterocycles. The normalized spacial score (nSPS) is 18.1. The first-order valence-electron chi connectivity index (χ1n) is 9.68. The van der Waals surface area contributed by atoms with Crippen LogP contribution in [0, 0.1) is 5.82 Å². The van der Waals surface area contributed by atoms with Crippen LogP contribution in [0.2, 0.25) is 0 Å². The molecule has 2 fully saturated rings. The smallest absolute Gasteiger partial charge is 0.257 e. The van der Waals surface area contributed by atoms with Gasteiger partial charge in [-0.15, -0.1) is 11.8 Å². The van der Waals surface area contributed by atoms with Gasteiger partial charge < -0.3 is 14.5 Å². The first-order valence-corrected chi connectivity index (χ1v) is 10.7. The van der Waals surface area contributed by atoms with Gasteiger partial charge in [0.25, 0.3) is 11.8 Å². The summed E-state index contributed by atoms with van der Waals surface area (Å²) in [6, 6.07) is 12.9. The second-order valence-corrected chi connectivity index (χ2v) is 8.71. The van der Waals surface area contributed by atoms with E-state index in [0.717, 1.165) is 5.75 Å². The Balaban J connectivity index is 1.48. The molecule has 0 bridgehead atoms. The fraction of sp³-hybridized carbons (Fsp3) is 0.364. The minimum Gasteiger partial charge on any atom is -0.496 e.